The van der Waals surface area contributed by atoms with Crippen molar-refractivity contribution in [2.75, 3.05) is 0 Å². The summed E-state index contributed by atoms with van der Waals surface area (Å²) >= 11 is 0. The number of nitrogens with zero attached hydrogens (tertiary/aromatic N) is 2. The SMILES string of the molecule is C#CCC(N)c1nnc[nH]1. The topological polar surface area (TPSA) is 67.6 Å². The maximum atomic E-state index is 5.57. The molecule has 0 amide bonds. The molecule has 3 N–H and O–H groups in total. The summed E-state index contributed by atoms with van der Waals surface area (Å²) in [6, 6.07) is -0.215. The minimum atomic E-state index is -0.215. The Bertz CT molecular complexity index is 220. The van der Waals surface area contributed by atoms with E-state index in [2.05, 4.69) is 21.1 Å². The molecule has 4 heteroatoms. The molecule has 0 aliphatic carbocycles. The standard InChI is InChI=1S/C6H8N4/c1-2-3-5(7)6-8-4-9-10-6/h1,4-5H,3,7H2,(H,8,9,10). The number of aromatic amines is 1. The summed E-state index contributed by atoms with van der Waals surface area (Å²) in [5.41, 5.74) is 5.57. The van der Waals surface area contributed by atoms with Crippen molar-refractivity contribution in [3.8, 4) is 12.3 Å². The molecule has 52 valence electrons. The third-order valence-corrected chi connectivity index (χ3v) is 1.12. The highest BCUT2D eigenvalue weighted by atomic mass is 15.2. The van der Waals surface area contributed by atoms with Crippen LogP contribution >= 0.6 is 0 Å². The second kappa shape index (κ2) is 2.99. The molecule has 10 heavy (non-hydrogen) atoms. The van der Waals surface area contributed by atoms with Crippen LogP contribution in [0.15, 0.2) is 6.33 Å². The van der Waals surface area contributed by atoms with Gasteiger partial charge in [0.05, 0.1) is 6.04 Å². The summed E-state index contributed by atoms with van der Waals surface area (Å²) in [5.74, 6) is 3.08. The van der Waals surface area contributed by atoms with E-state index < -0.39 is 0 Å². The van der Waals surface area contributed by atoms with Crippen LogP contribution < -0.4 is 5.73 Å². The van der Waals surface area contributed by atoms with Crippen molar-refractivity contribution in [1.29, 1.82) is 0 Å². The second-order valence-corrected chi connectivity index (χ2v) is 1.89. The maximum Gasteiger partial charge on any atom is 0.148 e. The molecular weight excluding hydrogens is 128 g/mol. The van der Waals surface area contributed by atoms with Crippen LogP contribution in [0.2, 0.25) is 0 Å². The van der Waals surface area contributed by atoms with Gasteiger partial charge in [-0.1, -0.05) is 0 Å². The Morgan fingerprint density at radius 3 is 3.20 bits per heavy atom. The summed E-state index contributed by atoms with van der Waals surface area (Å²) in [7, 11) is 0. The second-order valence-electron chi connectivity index (χ2n) is 1.89. The summed E-state index contributed by atoms with van der Waals surface area (Å²) in [6.45, 7) is 0. The van der Waals surface area contributed by atoms with Gasteiger partial charge < -0.3 is 10.7 Å². The third kappa shape index (κ3) is 1.33. The Balaban J connectivity index is 2.61. The number of hydrogen-bond donors (Lipinski definition) is 2. The highest BCUT2D eigenvalue weighted by Crippen LogP contribution is 2.04. The normalized spacial score (nSPS) is 12.4. The lowest BCUT2D eigenvalue weighted by molar-refractivity contribution is 0.696. The quantitative estimate of drug-likeness (QED) is 0.554. The van der Waals surface area contributed by atoms with Gasteiger partial charge in [-0.05, 0) is 0 Å². The molecule has 0 aliphatic rings. The Labute approximate surface area is 58.8 Å². The van der Waals surface area contributed by atoms with E-state index in [-0.39, 0.29) is 6.04 Å². The molecule has 1 heterocycles. The number of hydrogen-bond acceptors (Lipinski definition) is 3. The largest absolute Gasteiger partial charge is 0.330 e. The molecule has 1 aromatic heterocycles. The average Bonchev–Trinajstić information content (AvgIpc) is 2.38. The minimum Gasteiger partial charge on any atom is -0.330 e. The monoisotopic (exact) mass is 136 g/mol. The van der Waals surface area contributed by atoms with Gasteiger partial charge in [0.15, 0.2) is 0 Å². The van der Waals surface area contributed by atoms with E-state index in [9.17, 15) is 0 Å². The van der Waals surface area contributed by atoms with Crippen molar-refractivity contribution in [3.05, 3.63) is 12.2 Å². The van der Waals surface area contributed by atoms with Gasteiger partial charge in [-0.2, -0.15) is 0 Å². The Hall–Kier alpha value is -1.34. The molecule has 1 unspecified atom stereocenters. The van der Waals surface area contributed by atoms with E-state index in [0.29, 0.717) is 12.2 Å². The van der Waals surface area contributed by atoms with Crippen LogP contribution in [0.1, 0.15) is 18.3 Å². The van der Waals surface area contributed by atoms with E-state index in [0.717, 1.165) is 0 Å². The van der Waals surface area contributed by atoms with Gasteiger partial charge in [-0.25, -0.2) is 0 Å². The number of rotatable bonds is 2. The van der Waals surface area contributed by atoms with E-state index >= 15 is 0 Å². The molecule has 0 saturated carbocycles. The van der Waals surface area contributed by atoms with Gasteiger partial charge in [0.1, 0.15) is 12.2 Å². The number of nitrogens with one attached hydrogen (secondary N) is 1. The van der Waals surface area contributed by atoms with E-state index in [1.807, 2.05) is 0 Å². The van der Waals surface area contributed by atoms with Crippen LogP contribution in [0.25, 0.3) is 0 Å². The summed E-state index contributed by atoms with van der Waals surface area (Å²) in [5, 5.41) is 7.28. The fourth-order valence-electron chi connectivity index (χ4n) is 0.620. The first-order valence-corrected chi connectivity index (χ1v) is 2.89. The van der Waals surface area contributed by atoms with E-state index in [4.69, 9.17) is 12.2 Å². The molecular formula is C6H8N4. The van der Waals surface area contributed by atoms with E-state index in [1.165, 1.54) is 6.33 Å². The van der Waals surface area contributed by atoms with Crippen LogP contribution in [-0.4, -0.2) is 15.2 Å². The first kappa shape index (κ1) is 6.78. The predicted octanol–water partition coefficient (Wildman–Crippen LogP) is -0.172. The van der Waals surface area contributed by atoms with Crippen molar-refractivity contribution in [3.63, 3.8) is 0 Å². The number of H-pyrrole nitrogens is 1. The van der Waals surface area contributed by atoms with Gasteiger partial charge in [-0.3, -0.25) is 0 Å². The highest BCUT2D eigenvalue weighted by Gasteiger charge is 2.05. The summed E-state index contributed by atoms with van der Waals surface area (Å²) in [6.07, 6.45) is 7.00. The average molecular weight is 136 g/mol. The van der Waals surface area contributed by atoms with Crippen LogP contribution in [-0.2, 0) is 0 Å². The molecule has 1 aromatic rings. The molecule has 0 aromatic carbocycles. The number of nitrogens with two attached hydrogens (primary N) is 1. The van der Waals surface area contributed by atoms with Crippen molar-refractivity contribution in [1.82, 2.24) is 15.2 Å². The first-order valence-electron chi connectivity index (χ1n) is 2.89. The Morgan fingerprint density at radius 2 is 2.70 bits per heavy atom. The fraction of sp³-hybridized carbons (Fsp3) is 0.333. The zero-order valence-corrected chi connectivity index (χ0v) is 5.41. The van der Waals surface area contributed by atoms with Crippen LogP contribution in [0, 0.1) is 12.3 Å². The van der Waals surface area contributed by atoms with Crippen molar-refractivity contribution < 1.29 is 0 Å². The van der Waals surface area contributed by atoms with Crippen molar-refractivity contribution in [2.45, 2.75) is 12.5 Å². The van der Waals surface area contributed by atoms with Gasteiger partial charge in [-0.15, -0.1) is 22.5 Å². The van der Waals surface area contributed by atoms with Gasteiger partial charge in [0.25, 0.3) is 0 Å². The summed E-state index contributed by atoms with van der Waals surface area (Å²) in [4.78, 5) is 2.78. The maximum absolute atomic E-state index is 5.57. The van der Waals surface area contributed by atoms with Crippen LogP contribution in [0.5, 0.6) is 0 Å². The Morgan fingerprint density at radius 1 is 1.90 bits per heavy atom. The van der Waals surface area contributed by atoms with Gasteiger partial charge >= 0.3 is 0 Å². The zero-order chi connectivity index (χ0) is 7.40. The molecule has 0 saturated heterocycles. The predicted molar refractivity (Wildman–Crippen MR) is 36.8 cm³/mol. The third-order valence-electron chi connectivity index (χ3n) is 1.12. The van der Waals surface area contributed by atoms with Gasteiger partial charge in [0.2, 0.25) is 0 Å². The Kier molecular flexibility index (Phi) is 2.03. The zero-order valence-electron chi connectivity index (χ0n) is 5.41. The lowest BCUT2D eigenvalue weighted by atomic mass is 10.2. The molecule has 1 rings (SSSR count). The first-order chi connectivity index (χ1) is 4.84. The van der Waals surface area contributed by atoms with Crippen LogP contribution in [0.4, 0.5) is 0 Å². The molecule has 4 nitrogen and oxygen atoms in total. The lowest BCUT2D eigenvalue weighted by Crippen LogP contribution is -2.10. The molecule has 0 radical (unpaired) electrons. The molecule has 0 aliphatic heterocycles. The van der Waals surface area contributed by atoms with Crippen molar-refractivity contribution >= 4 is 0 Å². The molecule has 0 fully saturated rings. The molecule has 0 spiro atoms. The molecule has 0 bridgehead atoms. The summed E-state index contributed by atoms with van der Waals surface area (Å²) < 4.78 is 0. The lowest BCUT2D eigenvalue weighted by Gasteiger charge is -2.00. The smallest absolute Gasteiger partial charge is 0.148 e. The number of terminal acetylenes is 1. The fourth-order valence-corrected chi connectivity index (χ4v) is 0.620. The molecule has 1 atom stereocenters. The van der Waals surface area contributed by atoms with Gasteiger partial charge in [0, 0.05) is 6.42 Å². The minimum absolute atomic E-state index is 0.215. The van der Waals surface area contributed by atoms with E-state index in [1.54, 1.807) is 0 Å². The highest BCUT2D eigenvalue weighted by molar-refractivity contribution is 4.97. The number of aromatic nitrogens is 3. The van der Waals surface area contributed by atoms with Crippen molar-refractivity contribution in [2.24, 2.45) is 5.73 Å². The van der Waals surface area contributed by atoms with Crippen LogP contribution in [0.3, 0.4) is 0 Å².